The molecule has 0 saturated heterocycles. The highest BCUT2D eigenvalue weighted by Crippen LogP contribution is 2.55. The number of hydrogen-bond donors (Lipinski definition) is 0. The Labute approximate surface area is 92.1 Å². The zero-order valence-electron chi connectivity index (χ0n) is 10.4. The van der Waals surface area contributed by atoms with Crippen molar-refractivity contribution >= 4 is 5.97 Å². The molecular weight excluding hydrogens is 192 g/mol. The number of esters is 1. The van der Waals surface area contributed by atoms with Gasteiger partial charge >= 0.3 is 5.97 Å². The van der Waals surface area contributed by atoms with Crippen molar-refractivity contribution in [3.8, 4) is 0 Å². The lowest BCUT2D eigenvalue weighted by Crippen LogP contribution is -2.27. The first kappa shape index (κ1) is 12.5. The normalized spacial score (nSPS) is 30.1. The molecule has 0 heterocycles. The van der Waals surface area contributed by atoms with Gasteiger partial charge < -0.3 is 9.47 Å². The first-order valence-corrected chi connectivity index (χ1v) is 5.50. The van der Waals surface area contributed by atoms with Crippen LogP contribution in [0.5, 0.6) is 0 Å². The van der Waals surface area contributed by atoms with Crippen LogP contribution in [-0.2, 0) is 14.3 Å². The summed E-state index contributed by atoms with van der Waals surface area (Å²) in [6, 6.07) is 0. The average molecular weight is 214 g/mol. The number of ether oxygens (including phenoxy) is 2. The Hall–Kier alpha value is -0.570. The lowest BCUT2D eigenvalue weighted by Gasteiger charge is -2.22. The highest BCUT2D eigenvalue weighted by molar-refractivity contribution is 5.71. The third kappa shape index (κ3) is 3.49. The molecule has 0 aromatic heterocycles. The number of carbonyl (C=O) groups is 1. The van der Waals surface area contributed by atoms with Crippen molar-refractivity contribution in [2.24, 2.45) is 11.3 Å². The van der Waals surface area contributed by atoms with Crippen LogP contribution in [0.15, 0.2) is 0 Å². The summed E-state index contributed by atoms with van der Waals surface area (Å²) in [5.41, 5.74) is -0.333. The van der Waals surface area contributed by atoms with E-state index in [0.717, 1.165) is 6.42 Å². The fourth-order valence-corrected chi connectivity index (χ4v) is 2.00. The molecule has 0 aromatic rings. The Morgan fingerprint density at radius 3 is 2.33 bits per heavy atom. The smallest absolute Gasteiger partial charge is 0.306 e. The summed E-state index contributed by atoms with van der Waals surface area (Å²) in [4.78, 5) is 11.7. The van der Waals surface area contributed by atoms with Gasteiger partial charge in [0.05, 0.1) is 13.0 Å². The van der Waals surface area contributed by atoms with Crippen LogP contribution in [0.1, 0.15) is 40.5 Å². The molecule has 15 heavy (non-hydrogen) atoms. The van der Waals surface area contributed by atoms with Crippen molar-refractivity contribution in [3.63, 3.8) is 0 Å². The van der Waals surface area contributed by atoms with Crippen molar-refractivity contribution < 1.29 is 14.3 Å². The second-order valence-corrected chi connectivity index (χ2v) is 5.66. The lowest BCUT2D eigenvalue weighted by molar-refractivity contribution is -0.157. The molecule has 1 rings (SSSR count). The van der Waals surface area contributed by atoms with Crippen LogP contribution >= 0.6 is 0 Å². The second kappa shape index (κ2) is 4.12. The first-order valence-electron chi connectivity index (χ1n) is 5.50. The van der Waals surface area contributed by atoms with E-state index in [4.69, 9.17) is 9.47 Å². The maximum absolute atomic E-state index is 11.7. The van der Waals surface area contributed by atoms with Gasteiger partial charge in [-0.15, -0.1) is 0 Å². The monoisotopic (exact) mass is 214 g/mol. The summed E-state index contributed by atoms with van der Waals surface area (Å²) in [6.45, 7) is 8.50. The molecule has 1 aliphatic carbocycles. The number of carbonyl (C=O) groups excluding carboxylic acids is 1. The minimum Gasteiger partial charge on any atom is -0.460 e. The van der Waals surface area contributed by atoms with Crippen LogP contribution in [0, 0.1) is 11.3 Å². The third-order valence-corrected chi connectivity index (χ3v) is 2.95. The molecule has 1 saturated carbocycles. The van der Waals surface area contributed by atoms with Gasteiger partial charge in [-0.25, -0.2) is 0 Å². The van der Waals surface area contributed by atoms with Gasteiger partial charge in [0.15, 0.2) is 0 Å². The third-order valence-electron chi connectivity index (χ3n) is 2.95. The van der Waals surface area contributed by atoms with E-state index in [-0.39, 0.29) is 17.0 Å². The molecule has 3 nitrogen and oxygen atoms in total. The van der Waals surface area contributed by atoms with Gasteiger partial charge in [-0.3, -0.25) is 4.79 Å². The molecule has 0 bridgehead atoms. The molecule has 2 atom stereocenters. The van der Waals surface area contributed by atoms with Crippen LogP contribution in [0.4, 0.5) is 0 Å². The Morgan fingerprint density at radius 2 is 2.00 bits per heavy atom. The van der Waals surface area contributed by atoms with Crippen molar-refractivity contribution in [1.29, 1.82) is 0 Å². The minimum absolute atomic E-state index is 0.0527. The van der Waals surface area contributed by atoms with Crippen molar-refractivity contribution in [3.05, 3.63) is 0 Å². The number of methoxy groups -OCH3 is 1. The Morgan fingerprint density at radius 1 is 1.47 bits per heavy atom. The molecule has 2 unspecified atom stereocenters. The van der Waals surface area contributed by atoms with Crippen molar-refractivity contribution in [1.82, 2.24) is 0 Å². The van der Waals surface area contributed by atoms with E-state index in [9.17, 15) is 4.79 Å². The highest BCUT2D eigenvalue weighted by Gasteiger charge is 2.52. The number of rotatable bonds is 4. The van der Waals surface area contributed by atoms with Crippen LogP contribution in [0.2, 0.25) is 0 Å². The SMILES string of the molecule is COCC1(CC(=O)OC(C)(C)C)CC1C. The van der Waals surface area contributed by atoms with Crippen LogP contribution < -0.4 is 0 Å². The molecule has 0 radical (unpaired) electrons. The lowest BCUT2D eigenvalue weighted by atomic mass is 10.0. The summed E-state index contributed by atoms with van der Waals surface area (Å²) in [7, 11) is 1.68. The molecule has 0 aromatic carbocycles. The van der Waals surface area contributed by atoms with E-state index in [2.05, 4.69) is 6.92 Å². The summed E-state index contributed by atoms with van der Waals surface area (Å²) < 4.78 is 10.5. The van der Waals surface area contributed by atoms with E-state index in [0.29, 0.717) is 18.9 Å². The predicted octanol–water partition coefficient (Wildman–Crippen LogP) is 2.39. The van der Waals surface area contributed by atoms with Crippen LogP contribution in [0.3, 0.4) is 0 Å². The fourth-order valence-electron chi connectivity index (χ4n) is 2.00. The average Bonchev–Trinajstić information content (AvgIpc) is 2.56. The summed E-state index contributed by atoms with van der Waals surface area (Å²) >= 11 is 0. The predicted molar refractivity (Wildman–Crippen MR) is 58.6 cm³/mol. The Balaban J connectivity index is 2.44. The Bertz CT molecular complexity index is 242. The summed E-state index contributed by atoms with van der Waals surface area (Å²) in [5, 5.41) is 0. The molecule has 1 aliphatic rings. The highest BCUT2D eigenvalue weighted by atomic mass is 16.6. The Kier molecular flexibility index (Phi) is 3.44. The second-order valence-electron chi connectivity index (χ2n) is 5.66. The van der Waals surface area contributed by atoms with Gasteiger partial charge in [0, 0.05) is 12.5 Å². The molecule has 0 aliphatic heterocycles. The molecule has 3 heteroatoms. The van der Waals surface area contributed by atoms with Gasteiger partial charge in [0.1, 0.15) is 5.60 Å². The van der Waals surface area contributed by atoms with Crippen molar-refractivity contribution in [2.75, 3.05) is 13.7 Å². The van der Waals surface area contributed by atoms with E-state index in [1.165, 1.54) is 0 Å². The van der Waals surface area contributed by atoms with E-state index >= 15 is 0 Å². The topological polar surface area (TPSA) is 35.5 Å². The largest absolute Gasteiger partial charge is 0.460 e. The standard InChI is InChI=1S/C12H22O3/c1-9-6-12(9,8-14-5)7-10(13)15-11(2,3)4/h9H,6-8H2,1-5H3. The van der Waals surface area contributed by atoms with Crippen LogP contribution in [-0.4, -0.2) is 25.3 Å². The summed E-state index contributed by atoms with van der Waals surface area (Å²) in [6.07, 6.45) is 1.55. The van der Waals surface area contributed by atoms with Crippen LogP contribution in [0.25, 0.3) is 0 Å². The maximum atomic E-state index is 11.7. The minimum atomic E-state index is -0.385. The van der Waals surface area contributed by atoms with Gasteiger partial charge in [0.25, 0.3) is 0 Å². The molecule has 1 fully saturated rings. The zero-order chi connectivity index (χ0) is 11.7. The van der Waals surface area contributed by atoms with Gasteiger partial charge in [-0.1, -0.05) is 6.92 Å². The van der Waals surface area contributed by atoms with Gasteiger partial charge in [0.2, 0.25) is 0 Å². The number of hydrogen-bond acceptors (Lipinski definition) is 3. The van der Waals surface area contributed by atoms with Gasteiger partial charge in [-0.05, 0) is 33.1 Å². The zero-order valence-corrected chi connectivity index (χ0v) is 10.4. The van der Waals surface area contributed by atoms with E-state index in [1.54, 1.807) is 7.11 Å². The summed E-state index contributed by atoms with van der Waals surface area (Å²) in [5.74, 6) is 0.467. The van der Waals surface area contributed by atoms with E-state index < -0.39 is 0 Å². The van der Waals surface area contributed by atoms with Crippen molar-refractivity contribution in [2.45, 2.75) is 46.1 Å². The molecular formula is C12H22O3. The maximum Gasteiger partial charge on any atom is 0.306 e. The molecule has 88 valence electrons. The molecule has 0 amide bonds. The fraction of sp³-hybridized carbons (Fsp3) is 0.917. The van der Waals surface area contributed by atoms with Gasteiger partial charge in [-0.2, -0.15) is 0 Å². The molecule has 0 N–H and O–H groups in total. The first-order chi connectivity index (χ1) is 6.79. The van der Waals surface area contributed by atoms with E-state index in [1.807, 2.05) is 20.8 Å². The molecule has 0 spiro atoms. The quantitative estimate of drug-likeness (QED) is 0.674.